The molecule has 0 amide bonds. The standard InChI is InChI=1S/C5H7ClS/c1-2-3-5(6)4-7-5/h2H,1,3-4H2. The predicted molar refractivity (Wildman–Crippen MR) is 35.9 cm³/mol. The molecule has 0 saturated carbocycles. The van der Waals surface area contributed by atoms with Crippen LogP contribution in [-0.4, -0.2) is 9.96 Å². The first-order valence-electron chi connectivity index (χ1n) is 2.21. The molecule has 1 rings (SSSR count). The van der Waals surface area contributed by atoms with E-state index in [1.807, 2.05) is 6.08 Å². The van der Waals surface area contributed by atoms with E-state index in [9.17, 15) is 0 Å². The molecule has 0 N–H and O–H groups in total. The van der Waals surface area contributed by atoms with Crippen LogP contribution in [0.25, 0.3) is 0 Å². The molecule has 1 heterocycles. The van der Waals surface area contributed by atoms with Crippen LogP contribution in [-0.2, 0) is 0 Å². The summed E-state index contributed by atoms with van der Waals surface area (Å²) >= 11 is 7.63. The van der Waals surface area contributed by atoms with Crippen LogP contribution in [0.3, 0.4) is 0 Å². The first-order valence-corrected chi connectivity index (χ1v) is 3.57. The van der Waals surface area contributed by atoms with Gasteiger partial charge in [-0.25, -0.2) is 0 Å². The van der Waals surface area contributed by atoms with Crippen LogP contribution in [0.2, 0.25) is 0 Å². The molecule has 0 aliphatic carbocycles. The molecule has 0 spiro atoms. The lowest BCUT2D eigenvalue weighted by atomic mass is 10.3. The highest BCUT2D eigenvalue weighted by Crippen LogP contribution is 2.51. The van der Waals surface area contributed by atoms with Crippen molar-refractivity contribution < 1.29 is 0 Å². The van der Waals surface area contributed by atoms with Crippen molar-refractivity contribution in [3.05, 3.63) is 12.7 Å². The SMILES string of the molecule is C=CCC1(Cl)CS1. The quantitative estimate of drug-likeness (QED) is 0.317. The number of halogens is 1. The van der Waals surface area contributed by atoms with Gasteiger partial charge in [-0.2, -0.15) is 0 Å². The zero-order chi connectivity index (χ0) is 5.33. The highest BCUT2D eigenvalue weighted by atomic mass is 35.5. The molecule has 7 heavy (non-hydrogen) atoms. The van der Waals surface area contributed by atoms with E-state index in [-0.39, 0.29) is 4.21 Å². The third-order valence-corrected chi connectivity index (χ3v) is 2.80. The Hall–Kier alpha value is 0.380. The molecule has 1 atom stereocenters. The molecule has 0 bridgehead atoms. The Labute approximate surface area is 52.9 Å². The van der Waals surface area contributed by atoms with Crippen molar-refractivity contribution in [2.75, 3.05) is 5.75 Å². The van der Waals surface area contributed by atoms with Crippen LogP contribution in [0, 0.1) is 0 Å². The van der Waals surface area contributed by atoms with Crippen LogP contribution in [0.5, 0.6) is 0 Å². The van der Waals surface area contributed by atoms with E-state index in [2.05, 4.69) is 6.58 Å². The average Bonchev–Trinajstić information content (AvgIpc) is 2.22. The van der Waals surface area contributed by atoms with Gasteiger partial charge >= 0.3 is 0 Å². The maximum atomic E-state index is 5.84. The Bertz CT molecular complexity index is 86.1. The number of thioether (sulfide) groups is 1. The summed E-state index contributed by atoms with van der Waals surface area (Å²) in [4.78, 5) is 0. The van der Waals surface area contributed by atoms with Gasteiger partial charge in [0.05, 0.1) is 0 Å². The van der Waals surface area contributed by atoms with Gasteiger partial charge in [-0.3, -0.25) is 0 Å². The lowest BCUT2D eigenvalue weighted by Gasteiger charge is -1.93. The Morgan fingerprint density at radius 1 is 2.00 bits per heavy atom. The summed E-state index contributed by atoms with van der Waals surface area (Å²) in [6.45, 7) is 3.59. The van der Waals surface area contributed by atoms with Crippen LogP contribution in [0.15, 0.2) is 12.7 Å². The summed E-state index contributed by atoms with van der Waals surface area (Å²) < 4.78 is 0.0712. The highest BCUT2D eigenvalue weighted by molar-refractivity contribution is 8.09. The van der Waals surface area contributed by atoms with E-state index in [4.69, 9.17) is 11.6 Å². The molecule has 1 saturated heterocycles. The van der Waals surface area contributed by atoms with Crippen molar-refractivity contribution in [3.8, 4) is 0 Å². The summed E-state index contributed by atoms with van der Waals surface area (Å²) in [5.41, 5.74) is 0. The lowest BCUT2D eigenvalue weighted by Crippen LogP contribution is -1.92. The van der Waals surface area contributed by atoms with Crippen LogP contribution in [0.1, 0.15) is 6.42 Å². The van der Waals surface area contributed by atoms with Gasteiger partial charge in [0.1, 0.15) is 4.21 Å². The van der Waals surface area contributed by atoms with E-state index in [1.165, 1.54) is 0 Å². The number of hydrogen-bond acceptors (Lipinski definition) is 1. The van der Waals surface area contributed by atoms with Gasteiger partial charge in [0.15, 0.2) is 0 Å². The van der Waals surface area contributed by atoms with Gasteiger partial charge in [-0.15, -0.1) is 29.9 Å². The molecule has 1 fully saturated rings. The van der Waals surface area contributed by atoms with Crippen LogP contribution in [0.4, 0.5) is 0 Å². The number of alkyl halides is 1. The zero-order valence-corrected chi connectivity index (χ0v) is 5.56. The maximum absolute atomic E-state index is 5.84. The lowest BCUT2D eigenvalue weighted by molar-refractivity contribution is 0.997. The molecule has 0 aromatic heterocycles. The molecule has 2 heteroatoms. The normalized spacial score (nSPS) is 37.9. The number of hydrogen-bond donors (Lipinski definition) is 0. The van der Waals surface area contributed by atoms with Crippen molar-refractivity contribution in [2.24, 2.45) is 0 Å². The Morgan fingerprint density at radius 3 is 2.71 bits per heavy atom. The smallest absolute Gasteiger partial charge is 0.102 e. The van der Waals surface area contributed by atoms with Gasteiger partial charge in [-0.1, -0.05) is 6.08 Å². The topological polar surface area (TPSA) is 0 Å². The molecule has 0 radical (unpaired) electrons. The summed E-state index contributed by atoms with van der Waals surface area (Å²) in [5, 5.41) is 0. The van der Waals surface area contributed by atoms with Crippen molar-refractivity contribution in [1.29, 1.82) is 0 Å². The fraction of sp³-hybridized carbons (Fsp3) is 0.600. The van der Waals surface area contributed by atoms with Crippen LogP contribution >= 0.6 is 23.4 Å². The number of rotatable bonds is 2. The predicted octanol–water partition coefficient (Wildman–Crippen LogP) is 2.24. The molecular weight excluding hydrogens is 128 g/mol. The second-order valence-electron chi connectivity index (χ2n) is 1.66. The minimum Gasteiger partial charge on any atom is -0.135 e. The van der Waals surface area contributed by atoms with Crippen molar-refractivity contribution in [2.45, 2.75) is 10.6 Å². The fourth-order valence-electron chi connectivity index (χ4n) is 0.412. The Morgan fingerprint density at radius 2 is 2.57 bits per heavy atom. The summed E-state index contributed by atoms with van der Waals surface area (Å²) in [6, 6.07) is 0. The van der Waals surface area contributed by atoms with E-state index in [0.29, 0.717) is 0 Å². The third kappa shape index (κ3) is 1.39. The van der Waals surface area contributed by atoms with E-state index < -0.39 is 0 Å². The maximum Gasteiger partial charge on any atom is 0.102 e. The first-order chi connectivity index (χ1) is 3.27. The van der Waals surface area contributed by atoms with Gasteiger partial charge in [0.2, 0.25) is 0 Å². The first kappa shape index (κ1) is 5.52. The van der Waals surface area contributed by atoms with Gasteiger partial charge in [-0.05, 0) is 6.42 Å². The molecule has 1 unspecified atom stereocenters. The Kier molecular flexibility index (Phi) is 1.35. The third-order valence-electron chi connectivity index (χ3n) is 0.907. The second kappa shape index (κ2) is 1.71. The molecule has 1 aliphatic heterocycles. The second-order valence-corrected chi connectivity index (χ2v) is 3.97. The average molecular weight is 135 g/mol. The summed E-state index contributed by atoms with van der Waals surface area (Å²) in [5.74, 6) is 1.10. The van der Waals surface area contributed by atoms with Crippen molar-refractivity contribution in [3.63, 3.8) is 0 Å². The van der Waals surface area contributed by atoms with Crippen LogP contribution < -0.4 is 0 Å². The van der Waals surface area contributed by atoms with Gasteiger partial charge in [0, 0.05) is 5.75 Å². The molecule has 0 aromatic carbocycles. The summed E-state index contributed by atoms with van der Waals surface area (Å²) in [6.07, 6.45) is 2.81. The molecule has 40 valence electrons. The minimum atomic E-state index is 0.0712. The fourth-order valence-corrected chi connectivity index (χ4v) is 1.19. The molecule has 0 nitrogen and oxygen atoms in total. The minimum absolute atomic E-state index is 0.0712. The molecule has 0 aromatic rings. The highest BCUT2D eigenvalue weighted by Gasteiger charge is 2.40. The molecular formula is C5H7ClS. The van der Waals surface area contributed by atoms with Gasteiger partial charge < -0.3 is 0 Å². The van der Waals surface area contributed by atoms with E-state index >= 15 is 0 Å². The summed E-state index contributed by atoms with van der Waals surface area (Å²) in [7, 11) is 0. The van der Waals surface area contributed by atoms with Gasteiger partial charge in [0.25, 0.3) is 0 Å². The number of allylic oxidation sites excluding steroid dienone is 1. The Balaban J connectivity index is 2.25. The zero-order valence-electron chi connectivity index (χ0n) is 3.98. The molecule has 1 aliphatic rings. The monoisotopic (exact) mass is 134 g/mol. The van der Waals surface area contributed by atoms with E-state index in [1.54, 1.807) is 11.8 Å². The van der Waals surface area contributed by atoms with Crippen molar-refractivity contribution >= 4 is 23.4 Å². The largest absolute Gasteiger partial charge is 0.135 e. The van der Waals surface area contributed by atoms with E-state index in [0.717, 1.165) is 12.2 Å². The van der Waals surface area contributed by atoms with Crippen molar-refractivity contribution in [1.82, 2.24) is 0 Å².